The number of ether oxygens (including phenoxy) is 1. The standard InChI is InChI=1S/C13H15N3O/c1-8-9(2)15-13(16-12(8)14)10-5-4-6-11(7-10)17-3/h4-7H,1-3H3,(H2,14,15,16). The molecule has 2 aromatic rings. The number of anilines is 1. The van der Waals surface area contributed by atoms with Crippen LogP contribution in [0.4, 0.5) is 5.82 Å². The number of hydrogen-bond acceptors (Lipinski definition) is 4. The average Bonchev–Trinajstić information content (AvgIpc) is 2.35. The molecule has 1 aromatic carbocycles. The molecule has 2 N–H and O–H groups in total. The Hall–Kier alpha value is -2.10. The molecular formula is C13H15N3O. The lowest BCUT2D eigenvalue weighted by atomic mass is 10.2. The number of aromatic nitrogens is 2. The number of nitrogen functional groups attached to an aromatic ring is 1. The summed E-state index contributed by atoms with van der Waals surface area (Å²) in [5.41, 5.74) is 8.57. The van der Waals surface area contributed by atoms with E-state index in [2.05, 4.69) is 9.97 Å². The van der Waals surface area contributed by atoms with Gasteiger partial charge in [-0.25, -0.2) is 9.97 Å². The normalized spacial score (nSPS) is 10.3. The van der Waals surface area contributed by atoms with Gasteiger partial charge < -0.3 is 10.5 Å². The van der Waals surface area contributed by atoms with Crippen molar-refractivity contribution >= 4 is 5.82 Å². The minimum Gasteiger partial charge on any atom is -0.497 e. The minimum absolute atomic E-state index is 0.523. The highest BCUT2D eigenvalue weighted by atomic mass is 16.5. The summed E-state index contributed by atoms with van der Waals surface area (Å²) >= 11 is 0. The summed E-state index contributed by atoms with van der Waals surface area (Å²) < 4.78 is 5.17. The third kappa shape index (κ3) is 2.20. The van der Waals surface area contributed by atoms with E-state index in [-0.39, 0.29) is 0 Å². The highest BCUT2D eigenvalue weighted by molar-refractivity contribution is 5.60. The summed E-state index contributed by atoms with van der Waals surface area (Å²) in [6.45, 7) is 3.84. The summed E-state index contributed by atoms with van der Waals surface area (Å²) in [6, 6.07) is 7.62. The van der Waals surface area contributed by atoms with Crippen molar-refractivity contribution in [3.8, 4) is 17.1 Å². The highest BCUT2D eigenvalue weighted by Crippen LogP contribution is 2.23. The first-order chi connectivity index (χ1) is 8.11. The zero-order valence-corrected chi connectivity index (χ0v) is 10.2. The van der Waals surface area contributed by atoms with Crippen molar-refractivity contribution in [3.63, 3.8) is 0 Å². The first-order valence-corrected chi connectivity index (χ1v) is 5.37. The smallest absolute Gasteiger partial charge is 0.161 e. The number of benzene rings is 1. The van der Waals surface area contributed by atoms with E-state index in [1.54, 1.807) is 7.11 Å². The quantitative estimate of drug-likeness (QED) is 0.858. The van der Waals surface area contributed by atoms with Gasteiger partial charge in [0.15, 0.2) is 5.82 Å². The monoisotopic (exact) mass is 229 g/mol. The van der Waals surface area contributed by atoms with Gasteiger partial charge in [0.25, 0.3) is 0 Å². The van der Waals surface area contributed by atoms with Gasteiger partial charge in [-0.05, 0) is 26.0 Å². The lowest BCUT2D eigenvalue weighted by Crippen LogP contribution is -2.02. The van der Waals surface area contributed by atoms with Crippen molar-refractivity contribution in [1.29, 1.82) is 0 Å². The van der Waals surface area contributed by atoms with Crippen molar-refractivity contribution in [1.82, 2.24) is 9.97 Å². The van der Waals surface area contributed by atoms with E-state index in [0.29, 0.717) is 11.6 Å². The van der Waals surface area contributed by atoms with Crippen LogP contribution >= 0.6 is 0 Å². The maximum atomic E-state index is 5.85. The molecule has 0 radical (unpaired) electrons. The lowest BCUT2D eigenvalue weighted by Gasteiger charge is -2.07. The number of methoxy groups -OCH3 is 1. The van der Waals surface area contributed by atoms with Gasteiger partial charge in [-0.3, -0.25) is 0 Å². The van der Waals surface area contributed by atoms with Crippen LogP contribution in [0.3, 0.4) is 0 Å². The van der Waals surface area contributed by atoms with E-state index in [1.165, 1.54) is 0 Å². The first kappa shape index (κ1) is 11.4. The molecule has 0 amide bonds. The molecule has 4 heteroatoms. The molecule has 0 saturated heterocycles. The molecular weight excluding hydrogens is 214 g/mol. The van der Waals surface area contributed by atoms with Gasteiger partial charge in [0.1, 0.15) is 11.6 Å². The maximum absolute atomic E-state index is 5.85. The van der Waals surface area contributed by atoms with Crippen LogP contribution in [0, 0.1) is 13.8 Å². The van der Waals surface area contributed by atoms with E-state index in [4.69, 9.17) is 10.5 Å². The fourth-order valence-electron chi connectivity index (χ4n) is 1.54. The summed E-state index contributed by atoms with van der Waals surface area (Å²) in [5, 5.41) is 0. The van der Waals surface area contributed by atoms with Crippen LogP contribution in [-0.4, -0.2) is 17.1 Å². The predicted molar refractivity (Wildman–Crippen MR) is 67.9 cm³/mol. The average molecular weight is 229 g/mol. The third-order valence-electron chi connectivity index (χ3n) is 2.75. The van der Waals surface area contributed by atoms with Crippen LogP contribution < -0.4 is 10.5 Å². The van der Waals surface area contributed by atoms with E-state index < -0.39 is 0 Å². The van der Waals surface area contributed by atoms with Crippen molar-refractivity contribution < 1.29 is 4.74 Å². The Bertz CT molecular complexity index is 529. The molecule has 0 bridgehead atoms. The Morgan fingerprint density at radius 1 is 1.18 bits per heavy atom. The van der Waals surface area contributed by atoms with E-state index in [9.17, 15) is 0 Å². The molecule has 0 fully saturated rings. The molecule has 4 nitrogen and oxygen atoms in total. The van der Waals surface area contributed by atoms with Gasteiger partial charge in [-0.2, -0.15) is 0 Å². The lowest BCUT2D eigenvalue weighted by molar-refractivity contribution is 0.415. The number of nitrogens with two attached hydrogens (primary N) is 1. The van der Waals surface area contributed by atoms with Crippen LogP contribution in [0.5, 0.6) is 5.75 Å². The highest BCUT2D eigenvalue weighted by Gasteiger charge is 2.07. The summed E-state index contributed by atoms with van der Waals surface area (Å²) in [5.74, 6) is 1.93. The molecule has 0 spiro atoms. The second-order valence-electron chi connectivity index (χ2n) is 3.87. The van der Waals surface area contributed by atoms with Crippen LogP contribution in [0.25, 0.3) is 11.4 Å². The molecule has 0 atom stereocenters. The molecule has 1 aromatic heterocycles. The molecule has 0 aliphatic rings. The number of nitrogens with zero attached hydrogens (tertiary/aromatic N) is 2. The first-order valence-electron chi connectivity index (χ1n) is 5.37. The summed E-state index contributed by atoms with van der Waals surface area (Å²) in [7, 11) is 1.63. The van der Waals surface area contributed by atoms with Crippen LogP contribution in [0.1, 0.15) is 11.3 Å². The Kier molecular flexibility index (Phi) is 2.95. The van der Waals surface area contributed by atoms with Crippen molar-refractivity contribution in [3.05, 3.63) is 35.5 Å². The van der Waals surface area contributed by atoms with E-state index in [1.807, 2.05) is 38.1 Å². The molecule has 17 heavy (non-hydrogen) atoms. The molecule has 0 unspecified atom stereocenters. The van der Waals surface area contributed by atoms with Gasteiger partial charge in [0.2, 0.25) is 0 Å². The van der Waals surface area contributed by atoms with Crippen LogP contribution in [-0.2, 0) is 0 Å². The fourth-order valence-corrected chi connectivity index (χ4v) is 1.54. The van der Waals surface area contributed by atoms with Gasteiger partial charge in [0, 0.05) is 16.8 Å². The molecule has 0 aliphatic carbocycles. The Morgan fingerprint density at radius 3 is 2.59 bits per heavy atom. The van der Waals surface area contributed by atoms with Gasteiger partial charge in [-0.1, -0.05) is 12.1 Å². The van der Waals surface area contributed by atoms with E-state index >= 15 is 0 Å². The SMILES string of the molecule is COc1cccc(-c2nc(C)c(C)c(N)n2)c1. The second kappa shape index (κ2) is 4.41. The topological polar surface area (TPSA) is 61.0 Å². The predicted octanol–water partition coefficient (Wildman–Crippen LogP) is 2.35. The van der Waals surface area contributed by atoms with Gasteiger partial charge in [-0.15, -0.1) is 0 Å². The molecule has 1 heterocycles. The maximum Gasteiger partial charge on any atom is 0.161 e. The van der Waals surface area contributed by atoms with Crippen LogP contribution in [0.2, 0.25) is 0 Å². The Labute approximate surface area is 100 Å². The fraction of sp³-hybridized carbons (Fsp3) is 0.231. The number of aryl methyl sites for hydroxylation is 1. The summed E-state index contributed by atoms with van der Waals surface area (Å²) in [6.07, 6.45) is 0. The molecule has 88 valence electrons. The Morgan fingerprint density at radius 2 is 1.94 bits per heavy atom. The van der Waals surface area contributed by atoms with Crippen molar-refractivity contribution in [2.75, 3.05) is 12.8 Å². The van der Waals surface area contributed by atoms with Gasteiger partial charge >= 0.3 is 0 Å². The van der Waals surface area contributed by atoms with Crippen LogP contribution in [0.15, 0.2) is 24.3 Å². The Balaban J connectivity index is 2.52. The summed E-state index contributed by atoms with van der Waals surface area (Å²) in [4.78, 5) is 8.72. The largest absolute Gasteiger partial charge is 0.497 e. The molecule has 2 rings (SSSR count). The van der Waals surface area contributed by atoms with Crippen molar-refractivity contribution in [2.24, 2.45) is 0 Å². The zero-order chi connectivity index (χ0) is 12.4. The number of hydrogen-bond donors (Lipinski definition) is 1. The third-order valence-corrected chi connectivity index (χ3v) is 2.75. The molecule has 0 aliphatic heterocycles. The zero-order valence-electron chi connectivity index (χ0n) is 10.2. The van der Waals surface area contributed by atoms with Gasteiger partial charge in [0.05, 0.1) is 7.11 Å². The number of rotatable bonds is 2. The van der Waals surface area contributed by atoms with Crippen molar-refractivity contribution in [2.45, 2.75) is 13.8 Å². The van der Waals surface area contributed by atoms with E-state index in [0.717, 1.165) is 22.6 Å². The second-order valence-corrected chi connectivity index (χ2v) is 3.87. The minimum atomic E-state index is 0.523. The molecule has 0 saturated carbocycles.